The van der Waals surface area contributed by atoms with Crippen molar-refractivity contribution < 1.29 is 8.42 Å². The standard InChI is InChI=1S/C10H20ClNO2S/c1-8(2)7-15(13,14)12-10-5-3-4-9(10)6-11/h8-10,12H,3-7H2,1-2H3. The summed E-state index contributed by atoms with van der Waals surface area (Å²) < 4.78 is 26.2. The molecule has 0 aromatic heterocycles. The maximum Gasteiger partial charge on any atom is 0.212 e. The van der Waals surface area contributed by atoms with Gasteiger partial charge in [0.25, 0.3) is 0 Å². The van der Waals surface area contributed by atoms with Crippen molar-refractivity contribution in [1.82, 2.24) is 4.72 Å². The van der Waals surface area contributed by atoms with Gasteiger partial charge >= 0.3 is 0 Å². The molecule has 3 nitrogen and oxygen atoms in total. The first-order chi connectivity index (χ1) is 6.94. The Balaban J connectivity index is 2.53. The van der Waals surface area contributed by atoms with Crippen LogP contribution in [-0.4, -0.2) is 26.1 Å². The summed E-state index contributed by atoms with van der Waals surface area (Å²) in [6, 6.07) is 0.0613. The molecular weight excluding hydrogens is 234 g/mol. The number of nitrogens with one attached hydrogen (secondary N) is 1. The van der Waals surface area contributed by atoms with Gasteiger partial charge in [-0.1, -0.05) is 20.3 Å². The van der Waals surface area contributed by atoms with Crippen LogP contribution in [0.1, 0.15) is 33.1 Å². The summed E-state index contributed by atoms with van der Waals surface area (Å²) in [5.74, 6) is 1.24. The van der Waals surface area contributed by atoms with Crippen molar-refractivity contribution in [2.24, 2.45) is 11.8 Å². The smallest absolute Gasteiger partial charge is 0.212 e. The summed E-state index contributed by atoms with van der Waals surface area (Å²) in [6.07, 6.45) is 3.04. The van der Waals surface area contributed by atoms with Gasteiger partial charge in [0.2, 0.25) is 10.0 Å². The van der Waals surface area contributed by atoms with Crippen LogP contribution in [0.25, 0.3) is 0 Å². The van der Waals surface area contributed by atoms with Crippen molar-refractivity contribution in [3.05, 3.63) is 0 Å². The predicted octanol–water partition coefficient (Wildman–Crippen LogP) is 1.97. The lowest BCUT2D eigenvalue weighted by molar-refractivity contribution is 0.477. The van der Waals surface area contributed by atoms with Gasteiger partial charge in [0.05, 0.1) is 5.75 Å². The third-order valence-electron chi connectivity index (χ3n) is 2.74. The largest absolute Gasteiger partial charge is 0.212 e. The highest BCUT2D eigenvalue weighted by molar-refractivity contribution is 7.89. The molecule has 1 N–H and O–H groups in total. The Kier molecular flexibility index (Phi) is 4.87. The fraction of sp³-hybridized carbons (Fsp3) is 1.00. The Bertz CT molecular complexity index is 290. The van der Waals surface area contributed by atoms with Crippen LogP contribution < -0.4 is 4.72 Å². The zero-order valence-electron chi connectivity index (χ0n) is 9.37. The summed E-state index contributed by atoms with van der Waals surface area (Å²) in [5, 5.41) is 0. The molecule has 0 aliphatic heterocycles. The van der Waals surface area contributed by atoms with Gasteiger partial charge in [0.1, 0.15) is 0 Å². The highest BCUT2D eigenvalue weighted by atomic mass is 35.5. The number of sulfonamides is 1. The van der Waals surface area contributed by atoms with E-state index in [0.717, 1.165) is 19.3 Å². The van der Waals surface area contributed by atoms with E-state index in [1.54, 1.807) is 0 Å². The van der Waals surface area contributed by atoms with Crippen LogP contribution in [0.5, 0.6) is 0 Å². The van der Waals surface area contributed by atoms with E-state index in [2.05, 4.69) is 4.72 Å². The summed E-state index contributed by atoms with van der Waals surface area (Å²) >= 11 is 5.80. The number of alkyl halides is 1. The Morgan fingerprint density at radius 2 is 2.07 bits per heavy atom. The molecule has 0 heterocycles. The first-order valence-electron chi connectivity index (χ1n) is 5.50. The molecule has 0 aromatic carbocycles. The van der Waals surface area contributed by atoms with Gasteiger partial charge < -0.3 is 0 Å². The van der Waals surface area contributed by atoms with Crippen molar-refractivity contribution in [2.45, 2.75) is 39.2 Å². The molecule has 0 bridgehead atoms. The Morgan fingerprint density at radius 1 is 1.40 bits per heavy atom. The second-order valence-electron chi connectivity index (χ2n) is 4.74. The number of hydrogen-bond acceptors (Lipinski definition) is 2. The van der Waals surface area contributed by atoms with E-state index < -0.39 is 10.0 Å². The van der Waals surface area contributed by atoms with Crippen LogP contribution in [0.4, 0.5) is 0 Å². The monoisotopic (exact) mass is 253 g/mol. The fourth-order valence-electron chi connectivity index (χ4n) is 2.09. The zero-order valence-corrected chi connectivity index (χ0v) is 10.9. The minimum atomic E-state index is -3.12. The van der Waals surface area contributed by atoms with Crippen molar-refractivity contribution in [3.63, 3.8) is 0 Å². The van der Waals surface area contributed by atoms with E-state index in [9.17, 15) is 8.42 Å². The molecule has 0 saturated heterocycles. The summed E-state index contributed by atoms with van der Waals surface area (Å²) in [6.45, 7) is 3.82. The SMILES string of the molecule is CC(C)CS(=O)(=O)NC1CCCC1CCl. The molecule has 1 aliphatic carbocycles. The van der Waals surface area contributed by atoms with Crippen LogP contribution in [-0.2, 0) is 10.0 Å². The Hall–Kier alpha value is 0.200. The minimum absolute atomic E-state index is 0.0613. The maximum absolute atomic E-state index is 11.7. The average Bonchev–Trinajstić information content (AvgIpc) is 2.48. The van der Waals surface area contributed by atoms with Crippen LogP contribution in [0, 0.1) is 11.8 Å². The maximum atomic E-state index is 11.7. The van der Waals surface area contributed by atoms with Crippen molar-refractivity contribution >= 4 is 21.6 Å². The first kappa shape index (κ1) is 13.3. The Morgan fingerprint density at radius 3 is 2.60 bits per heavy atom. The van der Waals surface area contributed by atoms with E-state index in [1.807, 2.05) is 13.8 Å². The van der Waals surface area contributed by atoms with E-state index >= 15 is 0 Å². The second kappa shape index (κ2) is 5.51. The van der Waals surface area contributed by atoms with Crippen LogP contribution >= 0.6 is 11.6 Å². The lowest BCUT2D eigenvalue weighted by Crippen LogP contribution is -2.40. The molecule has 0 radical (unpaired) electrons. The van der Waals surface area contributed by atoms with Crippen LogP contribution in [0.3, 0.4) is 0 Å². The summed E-state index contributed by atoms with van der Waals surface area (Å²) in [4.78, 5) is 0. The van der Waals surface area contributed by atoms with Crippen molar-refractivity contribution in [3.8, 4) is 0 Å². The molecule has 2 unspecified atom stereocenters. The predicted molar refractivity (Wildman–Crippen MR) is 63.6 cm³/mol. The molecule has 0 spiro atoms. The van der Waals surface area contributed by atoms with Gasteiger partial charge in [0, 0.05) is 11.9 Å². The van der Waals surface area contributed by atoms with Gasteiger partial charge in [-0.25, -0.2) is 13.1 Å². The molecule has 15 heavy (non-hydrogen) atoms. The highest BCUT2D eigenvalue weighted by Gasteiger charge is 2.30. The third kappa shape index (κ3) is 4.29. The molecule has 5 heteroatoms. The summed E-state index contributed by atoms with van der Waals surface area (Å²) in [7, 11) is -3.12. The van der Waals surface area contributed by atoms with Crippen molar-refractivity contribution in [2.75, 3.05) is 11.6 Å². The lowest BCUT2D eigenvalue weighted by Gasteiger charge is -2.19. The molecule has 1 saturated carbocycles. The molecule has 1 aliphatic rings. The lowest BCUT2D eigenvalue weighted by atomic mass is 10.1. The van der Waals surface area contributed by atoms with Crippen molar-refractivity contribution in [1.29, 1.82) is 0 Å². The second-order valence-corrected chi connectivity index (χ2v) is 6.85. The van der Waals surface area contributed by atoms with Crippen LogP contribution in [0.2, 0.25) is 0 Å². The topological polar surface area (TPSA) is 46.2 Å². The van der Waals surface area contributed by atoms with E-state index in [4.69, 9.17) is 11.6 Å². The van der Waals surface area contributed by atoms with Gasteiger partial charge in [-0.15, -0.1) is 11.6 Å². The quantitative estimate of drug-likeness (QED) is 0.762. The van der Waals surface area contributed by atoms with Gasteiger partial charge in [0.15, 0.2) is 0 Å². The van der Waals surface area contributed by atoms with E-state index in [0.29, 0.717) is 11.8 Å². The molecule has 1 fully saturated rings. The molecule has 0 amide bonds. The highest BCUT2D eigenvalue weighted by Crippen LogP contribution is 2.27. The van der Waals surface area contributed by atoms with E-state index in [1.165, 1.54) is 0 Å². The zero-order chi connectivity index (χ0) is 11.5. The summed E-state index contributed by atoms with van der Waals surface area (Å²) in [5.41, 5.74) is 0. The minimum Gasteiger partial charge on any atom is -0.212 e. The third-order valence-corrected chi connectivity index (χ3v) is 4.90. The molecule has 1 rings (SSSR count). The number of rotatable bonds is 5. The molecule has 90 valence electrons. The number of hydrogen-bond donors (Lipinski definition) is 1. The molecule has 2 atom stereocenters. The first-order valence-corrected chi connectivity index (χ1v) is 7.69. The Labute approximate surface area is 97.6 Å². The van der Waals surface area contributed by atoms with Gasteiger partial charge in [-0.3, -0.25) is 0 Å². The average molecular weight is 254 g/mol. The van der Waals surface area contributed by atoms with E-state index in [-0.39, 0.29) is 17.7 Å². The van der Waals surface area contributed by atoms with Crippen LogP contribution in [0.15, 0.2) is 0 Å². The molecular formula is C10H20ClNO2S. The fourth-order valence-corrected chi connectivity index (χ4v) is 4.21. The van der Waals surface area contributed by atoms with Gasteiger partial charge in [-0.05, 0) is 24.7 Å². The van der Waals surface area contributed by atoms with Gasteiger partial charge in [-0.2, -0.15) is 0 Å². The molecule has 0 aromatic rings. The number of halogens is 1. The normalized spacial score (nSPS) is 27.5.